The van der Waals surface area contributed by atoms with Gasteiger partial charge in [0.1, 0.15) is 22.3 Å². The monoisotopic (exact) mass is 636 g/mol. The van der Waals surface area contributed by atoms with Gasteiger partial charge in [-0.1, -0.05) is 133 Å². The molecule has 0 saturated heterocycles. The van der Waals surface area contributed by atoms with E-state index in [-0.39, 0.29) is 0 Å². The number of furan rings is 2. The van der Waals surface area contributed by atoms with Crippen molar-refractivity contribution < 1.29 is 8.83 Å². The molecule has 0 fully saturated rings. The molecule has 0 radical (unpaired) electrons. The third-order valence-electron chi connectivity index (χ3n) is 10.4. The number of rotatable bonds is 3. The molecule has 0 atom stereocenters. The van der Waals surface area contributed by atoms with Crippen molar-refractivity contribution in [3.05, 3.63) is 170 Å². The van der Waals surface area contributed by atoms with E-state index in [2.05, 4.69) is 170 Å². The Labute approximate surface area is 287 Å². The van der Waals surface area contributed by atoms with Gasteiger partial charge in [-0.2, -0.15) is 0 Å². The number of hydrogen-bond donors (Lipinski definition) is 0. The highest BCUT2D eigenvalue weighted by atomic mass is 16.3. The largest absolute Gasteiger partial charge is 0.456 e. The smallest absolute Gasteiger partial charge is 0.136 e. The van der Waals surface area contributed by atoms with E-state index in [1.807, 2.05) is 0 Å². The summed E-state index contributed by atoms with van der Waals surface area (Å²) in [6.45, 7) is 0. The second-order valence-corrected chi connectivity index (χ2v) is 13.2. The van der Waals surface area contributed by atoms with Crippen molar-refractivity contribution in [1.29, 1.82) is 0 Å². The number of hydrogen-bond acceptors (Lipinski definition) is 2. The van der Waals surface area contributed by atoms with Crippen LogP contribution in [0.3, 0.4) is 0 Å². The summed E-state index contributed by atoms with van der Waals surface area (Å²) in [5, 5.41) is 11.8. The van der Waals surface area contributed by atoms with Gasteiger partial charge in [0.2, 0.25) is 0 Å². The molecule has 0 aliphatic rings. The van der Waals surface area contributed by atoms with E-state index >= 15 is 0 Å². The summed E-state index contributed by atoms with van der Waals surface area (Å²) < 4.78 is 13.0. The maximum absolute atomic E-state index is 6.60. The van der Waals surface area contributed by atoms with Crippen LogP contribution in [0.4, 0.5) is 0 Å². The molecule has 232 valence electrons. The van der Waals surface area contributed by atoms with E-state index in [1.165, 1.54) is 54.6 Å². The van der Waals surface area contributed by atoms with Crippen LogP contribution in [0.25, 0.3) is 110 Å². The van der Waals surface area contributed by atoms with Gasteiger partial charge in [0, 0.05) is 21.5 Å². The minimum absolute atomic E-state index is 0.866. The van der Waals surface area contributed by atoms with Crippen LogP contribution in [-0.4, -0.2) is 0 Å². The van der Waals surface area contributed by atoms with E-state index in [9.17, 15) is 0 Å². The highest BCUT2D eigenvalue weighted by molar-refractivity contribution is 6.23. The Balaban J connectivity index is 1.08. The van der Waals surface area contributed by atoms with Crippen molar-refractivity contribution in [2.75, 3.05) is 0 Å². The third-order valence-corrected chi connectivity index (χ3v) is 10.4. The lowest BCUT2D eigenvalue weighted by Gasteiger charge is -2.18. The van der Waals surface area contributed by atoms with Crippen LogP contribution in [0.15, 0.2) is 179 Å². The zero-order valence-electron chi connectivity index (χ0n) is 27.0. The van der Waals surface area contributed by atoms with Gasteiger partial charge in [-0.05, 0) is 102 Å². The Kier molecular flexibility index (Phi) is 5.70. The molecule has 0 bridgehead atoms. The summed E-state index contributed by atoms with van der Waals surface area (Å²) in [6.07, 6.45) is 0. The molecule has 0 unspecified atom stereocenters. The van der Waals surface area contributed by atoms with Gasteiger partial charge >= 0.3 is 0 Å². The summed E-state index contributed by atoms with van der Waals surface area (Å²) in [7, 11) is 0. The Morgan fingerprint density at radius 3 is 1.56 bits per heavy atom. The lowest BCUT2D eigenvalue weighted by Crippen LogP contribution is -1.91. The molecular weight excluding hydrogens is 609 g/mol. The standard InChI is InChI=1S/C48H28O2/c1-2-12-30(13-3-1)46-36-17-6-8-19-38(36)47(39-20-9-7-18-37(39)46)33-15-10-14-31(25-33)32-21-23-35-40-27-45-41(28-44(40)50-43(35)26-32)48-34-16-5-4-11-29(34)22-24-42(48)49-45/h1-28H. The predicted octanol–water partition coefficient (Wildman–Crippen LogP) is 13.9. The minimum atomic E-state index is 0.866. The molecule has 11 aromatic rings. The second-order valence-electron chi connectivity index (χ2n) is 13.2. The fourth-order valence-corrected chi connectivity index (χ4v) is 8.20. The molecule has 9 aromatic carbocycles. The highest BCUT2D eigenvalue weighted by Gasteiger charge is 2.18. The molecule has 2 aromatic heterocycles. The Hall–Kier alpha value is -6.64. The summed E-state index contributed by atoms with van der Waals surface area (Å²) in [5.74, 6) is 0. The van der Waals surface area contributed by atoms with Crippen molar-refractivity contribution in [2.24, 2.45) is 0 Å². The van der Waals surface area contributed by atoms with Gasteiger partial charge < -0.3 is 8.83 Å². The molecule has 0 aliphatic carbocycles. The maximum atomic E-state index is 6.60. The van der Waals surface area contributed by atoms with Crippen molar-refractivity contribution in [2.45, 2.75) is 0 Å². The summed E-state index contributed by atoms with van der Waals surface area (Å²) in [5.41, 5.74) is 10.7. The van der Waals surface area contributed by atoms with Crippen molar-refractivity contribution >= 4 is 76.2 Å². The zero-order chi connectivity index (χ0) is 32.8. The van der Waals surface area contributed by atoms with Gasteiger partial charge in [0.05, 0.1) is 0 Å². The molecular formula is C48H28O2. The Morgan fingerprint density at radius 1 is 0.260 bits per heavy atom. The van der Waals surface area contributed by atoms with E-state index in [0.29, 0.717) is 0 Å². The average molecular weight is 637 g/mol. The summed E-state index contributed by atoms with van der Waals surface area (Å²) in [4.78, 5) is 0. The normalized spacial score (nSPS) is 12.0. The van der Waals surface area contributed by atoms with Crippen LogP contribution in [0, 0.1) is 0 Å². The summed E-state index contributed by atoms with van der Waals surface area (Å²) >= 11 is 0. The SMILES string of the molecule is c1ccc(-c2c3ccccc3c(-c3cccc(-c4ccc5c(c4)oc4cc6c(cc45)oc4ccc5ccccc5c46)c3)c3ccccc23)cc1. The molecule has 2 heterocycles. The van der Waals surface area contributed by atoms with Gasteiger partial charge in [0.15, 0.2) is 0 Å². The molecule has 0 amide bonds. The Morgan fingerprint density at radius 2 is 0.800 bits per heavy atom. The van der Waals surface area contributed by atoms with Crippen molar-refractivity contribution in [3.63, 3.8) is 0 Å². The minimum Gasteiger partial charge on any atom is -0.456 e. The molecule has 2 heteroatoms. The molecule has 50 heavy (non-hydrogen) atoms. The molecule has 0 aliphatic heterocycles. The lowest BCUT2D eigenvalue weighted by molar-refractivity contribution is 0.664. The molecule has 0 N–H and O–H groups in total. The van der Waals surface area contributed by atoms with Gasteiger partial charge in [0.25, 0.3) is 0 Å². The van der Waals surface area contributed by atoms with Gasteiger partial charge in [-0.3, -0.25) is 0 Å². The fraction of sp³-hybridized carbons (Fsp3) is 0. The first-order valence-corrected chi connectivity index (χ1v) is 17.1. The average Bonchev–Trinajstić information content (AvgIpc) is 3.73. The van der Waals surface area contributed by atoms with Gasteiger partial charge in [-0.25, -0.2) is 0 Å². The van der Waals surface area contributed by atoms with E-state index in [4.69, 9.17) is 8.83 Å². The highest BCUT2D eigenvalue weighted by Crippen LogP contribution is 2.45. The van der Waals surface area contributed by atoms with Crippen LogP contribution in [0.1, 0.15) is 0 Å². The van der Waals surface area contributed by atoms with E-state index in [1.54, 1.807) is 0 Å². The van der Waals surface area contributed by atoms with E-state index < -0.39 is 0 Å². The first-order chi connectivity index (χ1) is 24.8. The second kappa shape index (κ2) is 10.4. The maximum Gasteiger partial charge on any atom is 0.136 e. The predicted molar refractivity (Wildman–Crippen MR) is 210 cm³/mol. The fourth-order valence-electron chi connectivity index (χ4n) is 8.20. The molecule has 0 saturated carbocycles. The van der Waals surface area contributed by atoms with Crippen molar-refractivity contribution in [1.82, 2.24) is 0 Å². The quantitative estimate of drug-likeness (QED) is 0.180. The van der Waals surface area contributed by atoms with Crippen LogP contribution >= 0.6 is 0 Å². The zero-order valence-corrected chi connectivity index (χ0v) is 27.0. The van der Waals surface area contributed by atoms with Crippen LogP contribution in [0.5, 0.6) is 0 Å². The first-order valence-electron chi connectivity index (χ1n) is 17.1. The summed E-state index contributed by atoms with van der Waals surface area (Å²) in [6, 6.07) is 60.9. The van der Waals surface area contributed by atoms with E-state index in [0.717, 1.165) is 55.0 Å². The first kappa shape index (κ1) is 27.3. The molecule has 11 rings (SSSR count). The number of benzene rings is 9. The van der Waals surface area contributed by atoms with Crippen LogP contribution < -0.4 is 0 Å². The molecule has 0 spiro atoms. The van der Waals surface area contributed by atoms with Crippen LogP contribution in [0.2, 0.25) is 0 Å². The Bertz CT molecular complexity index is 3080. The third kappa shape index (κ3) is 3.96. The van der Waals surface area contributed by atoms with Crippen LogP contribution in [-0.2, 0) is 0 Å². The van der Waals surface area contributed by atoms with Gasteiger partial charge in [-0.15, -0.1) is 0 Å². The lowest BCUT2D eigenvalue weighted by atomic mass is 9.85. The number of fused-ring (bicyclic) bond motifs is 10. The topological polar surface area (TPSA) is 26.3 Å². The van der Waals surface area contributed by atoms with Crippen molar-refractivity contribution in [3.8, 4) is 33.4 Å². The molecule has 2 nitrogen and oxygen atoms in total.